The topological polar surface area (TPSA) is 41.5 Å². The van der Waals surface area contributed by atoms with E-state index in [9.17, 15) is 0 Å². The predicted octanol–water partition coefficient (Wildman–Crippen LogP) is 2.71. The van der Waals surface area contributed by atoms with E-state index in [0.717, 1.165) is 29.7 Å². The lowest BCUT2D eigenvalue weighted by Gasteiger charge is -2.09. The van der Waals surface area contributed by atoms with Gasteiger partial charge >= 0.3 is 0 Å². The van der Waals surface area contributed by atoms with Crippen molar-refractivity contribution in [1.82, 2.24) is 5.32 Å². The molecule has 0 heterocycles. The second-order valence-electron chi connectivity index (χ2n) is 3.87. The number of aliphatic hydroxyl groups is 1. The maximum absolute atomic E-state index is 8.68. The zero-order valence-corrected chi connectivity index (χ0v) is 11.8. The van der Waals surface area contributed by atoms with Crippen LogP contribution in [0.4, 0.5) is 0 Å². The zero-order chi connectivity index (χ0) is 12.5. The van der Waals surface area contributed by atoms with Crippen LogP contribution in [0.3, 0.4) is 0 Å². The molecular weight excluding hydrogens is 282 g/mol. The average Bonchev–Trinajstić information content (AvgIpc) is 2.32. The van der Waals surface area contributed by atoms with Crippen molar-refractivity contribution in [3.63, 3.8) is 0 Å². The maximum Gasteiger partial charge on any atom is 0.133 e. The van der Waals surface area contributed by atoms with Crippen LogP contribution in [0.2, 0.25) is 0 Å². The Hall–Kier alpha value is -0.580. The first-order valence-corrected chi connectivity index (χ1v) is 6.80. The molecule has 0 aliphatic heterocycles. The number of benzene rings is 1. The van der Waals surface area contributed by atoms with Crippen LogP contribution in [-0.2, 0) is 6.54 Å². The molecular formula is C13H20BrNO2. The van der Waals surface area contributed by atoms with E-state index in [-0.39, 0.29) is 6.61 Å². The highest BCUT2D eigenvalue weighted by molar-refractivity contribution is 9.10. The van der Waals surface area contributed by atoms with Crippen molar-refractivity contribution in [2.45, 2.75) is 26.3 Å². The highest BCUT2D eigenvalue weighted by atomic mass is 79.9. The highest BCUT2D eigenvalue weighted by Gasteiger charge is 2.02. The van der Waals surface area contributed by atoms with Crippen molar-refractivity contribution < 1.29 is 9.84 Å². The summed E-state index contributed by atoms with van der Waals surface area (Å²) in [4.78, 5) is 0. The minimum atomic E-state index is 0.163. The van der Waals surface area contributed by atoms with Crippen molar-refractivity contribution in [1.29, 1.82) is 0 Å². The molecule has 1 aromatic carbocycles. The summed E-state index contributed by atoms with van der Waals surface area (Å²) in [6.45, 7) is 4.77. The fraction of sp³-hybridized carbons (Fsp3) is 0.538. The molecule has 2 N–H and O–H groups in total. The quantitative estimate of drug-likeness (QED) is 0.726. The standard InChI is InChI=1S/C13H20BrNO2/c1-2-6-15-10-11-4-5-13(12(14)9-11)17-8-3-7-16/h4-5,9,15-16H,2-3,6-8,10H2,1H3. The lowest BCUT2D eigenvalue weighted by atomic mass is 10.2. The Morgan fingerprint density at radius 3 is 2.88 bits per heavy atom. The molecule has 0 amide bonds. The minimum absolute atomic E-state index is 0.163. The monoisotopic (exact) mass is 301 g/mol. The lowest BCUT2D eigenvalue weighted by molar-refractivity contribution is 0.233. The zero-order valence-electron chi connectivity index (χ0n) is 10.2. The Labute approximate surface area is 111 Å². The smallest absolute Gasteiger partial charge is 0.133 e. The highest BCUT2D eigenvalue weighted by Crippen LogP contribution is 2.26. The molecule has 0 atom stereocenters. The van der Waals surface area contributed by atoms with Gasteiger partial charge in [-0.15, -0.1) is 0 Å². The maximum atomic E-state index is 8.68. The first-order chi connectivity index (χ1) is 8.27. The van der Waals surface area contributed by atoms with Gasteiger partial charge in [-0.1, -0.05) is 13.0 Å². The number of nitrogens with one attached hydrogen (secondary N) is 1. The third-order valence-electron chi connectivity index (χ3n) is 2.31. The van der Waals surface area contributed by atoms with Gasteiger partial charge in [0.25, 0.3) is 0 Å². The Bertz CT molecular complexity index is 331. The molecule has 1 rings (SSSR count). The van der Waals surface area contributed by atoms with Gasteiger partial charge in [0.1, 0.15) is 5.75 Å². The van der Waals surface area contributed by atoms with Crippen molar-refractivity contribution in [2.24, 2.45) is 0 Å². The molecule has 3 nitrogen and oxygen atoms in total. The fourth-order valence-corrected chi connectivity index (χ4v) is 1.97. The van der Waals surface area contributed by atoms with Gasteiger partial charge in [0.15, 0.2) is 0 Å². The van der Waals surface area contributed by atoms with E-state index in [1.54, 1.807) is 0 Å². The number of hydrogen-bond acceptors (Lipinski definition) is 3. The third kappa shape index (κ3) is 5.52. The normalized spacial score (nSPS) is 10.5. The first-order valence-electron chi connectivity index (χ1n) is 6.00. The SMILES string of the molecule is CCCNCc1ccc(OCCCO)c(Br)c1. The molecule has 0 radical (unpaired) electrons. The van der Waals surface area contributed by atoms with E-state index in [4.69, 9.17) is 9.84 Å². The molecule has 0 aromatic heterocycles. The molecule has 4 heteroatoms. The molecule has 0 saturated heterocycles. The lowest BCUT2D eigenvalue weighted by Crippen LogP contribution is -2.13. The number of hydrogen-bond donors (Lipinski definition) is 2. The van der Waals surface area contributed by atoms with Crippen LogP contribution in [0.1, 0.15) is 25.3 Å². The van der Waals surface area contributed by atoms with Crippen molar-refractivity contribution in [3.05, 3.63) is 28.2 Å². The second-order valence-corrected chi connectivity index (χ2v) is 4.72. The van der Waals surface area contributed by atoms with Crippen molar-refractivity contribution in [3.8, 4) is 5.75 Å². The van der Waals surface area contributed by atoms with Gasteiger partial charge in [0.05, 0.1) is 11.1 Å². The first kappa shape index (κ1) is 14.5. The summed E-state index contributed by atoms with van der Waals surface area (Å²) in [5.41, 5.74) is 1.24. The molecule has 1 aromatic rings. The van der Waals surface area contributed by atoms with Crippen LogP contribution in [0.15, 0.2) is 22.7 Å². The predicted molar refractivity (Wildman–Crippen MR) is 73.3 cm³/mol. The molecule has 0 aliphatic carbocycles. The van der Waals surface area contributed by atoms with Gasteiger partial charge in [0.2, 0.25) is 0 Å². The number of halogens is 1. The Kier molecular flexibility index (Phi) is 7.24. The molecule has 96 valence electrons. The van der Waals surface area contributed by atoms with Gasteiger partial charge in [-0.05, 0) is 46.6 Å². The van der Waals surface area contributed by atoms with Crippen LogP contribution in [-0.4, -0.2) is 24.9 Å². The van der Waals surface area contributed by atoms with E-state index in [1.165, 1.54) is 5.56 Å². The summed E-state index contributed by atoms with van der Waals surface area (Å²) in [5, 5.41) is 12.0. The molecule has 0 fully saturated rings. The van der Waals surface area contributed by atoms with Gasteiger partial charge < -0.3 is 15.2 Å². The van der Waals surface area contributed by atoms with Crippen LogP contribution >= 0.6 is 15.9 Å². The summed E-state index contributed by atoms with van der Waals surface area (Å²) in [7, 11) is 0. The van der Waals surface area contributed by atoms with Gasteiger partial charge in [0, 0.05) is 19.6 Å². The Morgan fingerprint density at radius 1 is 1.41 bits per heavy atom. The van der Waals surface area contributed by atoms with Crippen LogP contribution in [0, 0.1) is 0 Å². The van der Waals surface area contributed by atoms with Crippen LogP contribution in [0.25, 0.3) is 0 Å². The van der Waals surface area contributed by atoms with E-state index < -0.39 is 0 Å². The van der Waals surface area contributed by atoms with Crippen molar-refractivity contribution >= 4 is 15.9 Å². The summed E-state index contributed by atoms with van der Waals surface area (Å²) >= 11 is 3.49. The van der Waals surface area contributed by atoms with Crippen molar-refractivity contribution in [2.75, 3.05) is 19.8 Å². The van der Waals surface area contributed by atoms with E-state index in [1.807, 2.05) is 6.07 Å². The van der Waals surface area contributed by atoms with Crippen LogP contribution < -0.4 is 10.1 Å². The largest absolute Gasteiger partial charge is 0.492 e. The molecule has 0 spiro atoms. The van der Waals surface area contributed by atoms with Gasteiger partial charge in [-0.3, -0.25) is 0 Å². The summed E-state index contributed by atoms with van der Waals surface area (Å²) in [6.07, 6.45) is 1.80. The summed E-state index contributed by atoms with van der Waals surface area (Å²) in [5.74, 6) is 0.831. The third-order valence-corrected chi connectivity index (χ3v) is 2.93. The van der Waals surface area contributed by atoms with E-state index in [2.05, 4.69) is 40.3 Å². The molecule has 0 bridgehead atoms. The summed E-state index contributed by atoms with van der Waals surface area (Å²) < 4.78 is 6.49. The molecule has 0 aliphatic rings. The number of aliphatic hydroxyl groups excluding tert-OH is 1. The van der Waals surface area contributed by atoms with E-state index >= 15 is 0 Å². The molecule has 0 unspecified atom stereocenters. The summed E-state index contributed by atoms with van der Waals surface area (Å²) in [6, 6.07) is 6.09. The molecule has 0 saturated carbocycles. The second kappa shape index (κ2) is 8.50. The van der Waals surface area contributed by atoms with Gasteiger partial charge in [-0.2, -0.15) is 0 Å². The number of ether oxygens (including phenoxy) is 1. The minimum Gasteiger partial charge on any atom is -0.492 e. The van der Waals surface area contributed by atoms with Crippen LogP contribution in [0.5, 0.6) is 5.75 Å². The van der Waals surface area contributed by atoms with E-state index in [0.29, 0.717) is 13.0 Å². The molecule has 17 heavy (non-hydrogen) atoms. The Balaban J connectivity index is 2.47. The Morgan fingerprint density at radius 2 is 2.24 bits per heavy atom. The fourth-order valence-electron chi connectivity index (χ4n) is 1.43. The average molecular weight is 302 g/mol. The number of rotatable bonds is 8. The van der Waals surface area contributed by atoms with Gasteiger partial charge in [-0.25, -0.2) is 0 Å².